The molecule has 2 unspecified atom stereocenters. The van der Waals surface area contributed by atoms with Crippen molar-refractivity contribution in [3.05, 3.63) is 108 Å². The number of ether oxygens (including phenoxy) is 1. The lowest BCUT2D eigenvalue weighted by atomic mass is 10.0. The van der Waals surface area contributed by atoms with Crippen LogP contribution in [0.15, 0.2) is 91.3 Å². The van der Waals surface area contributed by atoms with Crippen LogP contribution < -0.4 is 15.5 Å². The van der Waals surface area contributed by atoms with Crippen LogP contribution in [0.4, 0.5) is 11.4 Å². The molecule has 1 amide bonds. The van der Waals surface area contributed by atoms with E-state index in [1.54, 1.807) is 24.4 Å². The van der Waals surface area contributed by atoms with Gasteiger partial charge >= 0.3 is 5.97 Å². The maximum atomic E-state index is 11.9. The van der Waals surface area contributed by atoms with Crippen molar-refractivity contribution in [2.75, 3.05) is 23.9 Å². The van der Waals surface area contributed by atoms with Gasteiger partial charge in [-0.15, -0.1) is 0 Å². The first-order valence-corrected chi connectivity index (χ1v) is 12.3. The fraction of sp³-hybridized carbons (Fsp3) is 0.143. The molecular formula is C28H25N5O4S. The van der Waals surface area contributed by atoms with Gasteiger partial charge in [0.25, 0.3) is 0 Å². The Morgan fingerprint density at radius 1 is 1.05 bits per heavy atom. The number of nitrogens with zero attached hydrogens (tertiary/aromatic N) is 3. The minimum atomic E-state index is -0.991. The average molecular weight is 528 g/mol. The van der Waals surface area contributed by atoms with Crippen molar-refractivity contribution in [2.45, 2.75) is 12.1 Å². The zero-order chi connectivity index (χ0) is 26.6. The third-order valence-electron chi connectivity index (χ3n) is 6.26. The molecule has 1 aliphatic rings. The highest BCUT2D eigenvalue weighted by molar-refractivity contribution is 7.80. The molecule has 10 heteroatoms. The second-order valence-electron chi connectivity index (χ2n) is 8.68. The number of carbonyl (C=O) groups is 2. The first-order valence-electron chi connectivity index (χ1n) is 11.9. The number of anilines is 2. The summed E-state index contributed by atoms with van der Waals surface area (Å²) in [4.78, 5) is 30.2. The Balaban J connectivity index is 1.57. The second-order valence-corrected chi connectivity index (χ2v) is 9.07. The molecule has 0 aliphatic carbocycles. The van der Waals surface area contributed by atoms with E-state index in [2.05, 4.69) is 15.6 Å². The zero-order valence-corrected chi connectivity index (χ0v) is 21.3. The van der Waals surface area contributed by atoms with E-state index in [9.17, 15) is 14.7 Å². The van der Waals surface area contributed by atoms with Gasteiger partial charge in [-0.05, 0) is 78.9 Å². The molecule has 0 saturated carbocycles. The molecule has 5 rings (SSSR count). The number of aromatic nitrogens is 2. The Bertz CT molecular complexity index is 1470. The fourth-order valence-corrected chi connectivity index (χ4v) is 4.97. The highest BCUT2D eigenvalue weighted by Gasteiger charge is 2.42. The molecular weight excluding hydrogens is 502 g/mol. The van der Waals surface area contributed by atoms with E-state index >= 15 is 0 Å². The topological polar surface area (TPSA) is 109 Å². The van der Waals surface area contributed by atoms with E-state index in [0.717, 1.165) is 22.8 Å². The summed E-state index contributed by atoms with van der Waals surface area (Å²) in [5, 5.41) is 16.3. The van der Waals surface area contributed by atoms with Crippen LogP contribution in [0.1, 0.15) is 33.8 Å². The van der Waals surface area contributed by atoms with Gasteiger partial charge in [0.1, 0.15) is 12.6 Å². The number of carboxylic acids is 1. The number of thiocarbonyl (C=S) groups is 1. The van der Waals surface area contributed by atoms with Crippen LogP contribution in [0.25, 0.3) is 5.69 Å². The predicted molar refractivity (Wildman–Crippen MR) is 148 cm³/mol. The van der Waals surface area contributed by atoms with Gasteiger partial charge in [0.15, 0.2) is 5.11 Å². The average Bonchev–Trinajstić information content (AvgIpc) is 3.54. The molecule has 192 valence electrons. The van der Waals surface area contributed by atoms with E-state index in [0.29, 0.717) is 10.8 Å². The summed E-state index contributed by atoms with van der Waals surface area (Å²) in [6.07, 6.45) is 3.65. The van der Waals surface area contributed by atoms with Gasteiger partial charge in [-0.2, -0.15) is 0 Å². The lowest BCUT2D eigenvalue weighted by molar-refractivity contribution is -0.119. The van der Waals surface area contributed by atoms with Gasteiger partial charge in [-0.1, -0.05) is 12.1 Å². The number of benzene rings is 2. The second kappa shape index (κ2) is 10.8. The smallest absolute Gasteiger partial charge is 0.335 e. The number of pyridine rings is 1. The van der Waals surface area contributed by atoms with Crippen LogP contribution in [0.5, 0.6) is 0 Å². The van der Waals surface area contributed by atoms with Crippen molar-refractivity contribution < 1.29 is 19.4 Å². The Labute approximate surface area is 224 Å². The molecule has 0 spiro atoms. The lowest BCUT2D eigenvalue weighted by Crippen LogP contribution is -2.30. The summed E-state index contributed by atoms with van der Waals surface area (Å²) < 4.78 is 6.85. The number of nitrogens with one attached hydrogen (secondary N) is 2. The monoisotopic (exact) mass is 527 g/mol. The summed E-state index contributed by atoms with van der Waals surface area (Å²) in [7, 11) is 1.47. The van der Waals surface area contributed by atoms with Gasteiger partial charge in [0.2, 0.25) is 5.91 Å². The first kappa shape index (κ1) is 25.1. The molecule has 4 aromatic rings. The Hall–Kier alpha value is -4.54. The van der Waals surface area contributed by atoms with Crippen molar-refractivity contribution in [3.8, 4) is 5.69 Å². The molecule has 2 aromatic heterocycles. The van der Waals surface area contributed by atoms with E-state index in [1.807, 2.05) is 76.3 Å². The minimum Gasteiger partial charge on any atom is -0.478 e. The quantitative estimate of drug-likeness (QED) is 0.291. The molecule has 2 atom stereocenters. The number of rotatable bonds is 8. The van der Waals surface area contributed by atoms with E-state index < -0.39 is 5.97 Å². The fourth-order valence-electron chi connectivity index (χ4n) is 4.63. The Morgan fingerprint density at radius 2 is 1.87 bits per heavy atom. The minimum absolute atomic E-state index is 0.0320. The summed E-state index contributed by atoms with van der Waals surface area (Å²) in [6.45, 7) is -0.0320. The summed E-state index contributed by atoms with van der Waals surface area (Å²) in [5.74, 6) is -1.23. The third-order valence-corrected chi connectivity index (χ3v) is 6.57. The van der Waals surface area contributed by atoms with Crippen LogP contribution in [0, 0.1) is 0 Å². The van der Waals surface area contributed by atoms with Crippen molar-refractivity contribution in [2.24, 2.45) is 0 Å². The Kier molecular flexibility index (Phi) is 7.16. The molecule has 2 aromatic carbocycles. The van der Waals surface area contributed by atoms with Crippen LogP contribution in [0.3, 0.4) is 0 Å². The number of amides is 1. The molecule has 1 fully saturated rings. The maximum Gasteiger partial charge on any atom is 0.335 e. The molecule has 38 heavy (non-hydrogen) atoms. The van der Waals surface area contributed by atoms with E-state index in [1.165, 1.54) is 7.11 Å². The lowest BCUT2D eigenvalue weighted by Gasteiger charge is -2.29. The number of carbonyl (C=O) groups excluding carboxylic acids is 1. The molecule has 0 bridgehead atoms. The van der Waals surface area contributed by atoms with Gasteiger partial charge in [0, 0.05) is 42.3 Å². The zero-order valence-electron chi connectivity index (χ0n) is 20.4. The standard InChI is InChI=1S/C28H25N5O4S/c1-37-17-24(34)30-19-10-12-20(13-11-19)33-26(25(31-28(33)38)22-8-2-3-14-29-22)23-9-5-15-32(23)21-7-4-6-18(16-21)27(35)36/h2-16,25-26H,17H2,1H3,(H,30,34)(H,31,38)(H,35,36). The largest absolute Gasteiger partial charge is 0.478 e. The summed E-state index contributed by atoms with van der Waals surface area (Å²) >= 11 is 5.82. The van der Waals surface area contributed by atoms with Crippen LogP contribution in [0.2, 0.25) is 0 Å². The van der Waals surface area contributed by atoms with Gasteiger partial charge in [-0.3, -0.25) is 9.78 Å². The van der Waals surface area contributed by atoms with Gasteiger partial charge < -0.3 is 29.9 Å². The first-order chi connectivity index (χ1) is 18.5. The number of carboxylic acid groups (broad SMARTS) is 1. The highest BCUT2D eigenvalue weighted by Crippen LogP contribution is 2.42. The van der Waals surface area contributed by atoms with Crippen LogP contribution in [-0.4, -0.2) is 45.4 Å². The highest BCUT2D eigenvalue weighted by atomic mass is 32.1. The number of methoxy groups -OCH3 is 1. The molecule has 9 nitrogen and oxygen atoms in total. The van der Waals surface area contributed by atoms with E-state index in [4.69, 9.17) is 17.0 Å². The summed E-state index contributed by atoms with van der Waals surface area (Å²) in [5.41, 5.74) is 4.10. The molecule has 1 saturated heterocycles. The van der Waals surface area contributed by atoms with Crippen molar-refractivity contribution >= 4 is 40.6 Å². The van der Waals surface area contributed by atoms with Crippen LogP contribution >= 0.6 is 12.2 Å². The van der Waals surface area contributed by atoms with Crippen molar-refractivity contribution in [1.82, 2.24) is 14.9 Å². The third kappa shape index (κ3) is 4.99. The van der Waals surface area contributed by atoms with Crippen molar-refractivity contribution in [1.29, 1.82) is 0 Å². The number of aromatic carboxylic acids is 1. The van der Waals surface area contributed by atoms with Crippen LogP contribution in [-0.2, 0) is 9.53 Å². The van der Waals surface area contributed by atoms with Gasteiger partial charge in [-0.25, -0.2) is 4.79 Å². The molecule has 1 aliphatic heterocycles. The molecule has 0 radical (unpaired) electrons. The van der Waals surface area contributed by atoms with Gasteiger partial charge in [0.05, 0.1) is 17.3 Å². The summed E-state index contributed by atoms with van der Waals surface area (Å²) in [6, 6.07) is 23.3. The van der Waals surface area contributed by atoms with E-state index in [-0.39, 0.29) is 30.2 Å². The number of hydrogen-bond acceptors (Lipinski definition) is 5. The number of hydrogen-bond donors (Lipinski definition) is 3. The molecule has 3 N–H and O–H groups in total. The normalized spacial score (nSPS) is 16.8. The molecule has 3 heterocycles. The Morgan fingerprint density at radius 3 is 2.58 bits per heavy atom. The maximum absolute atomic E-state index is 11.9. The predicted octanol–water partition coefficient (Wildman–Crippen LogP) is 4.33. The van der Waals surface area contributed by atoms with Crippen molar-refractivity contribution in [3.63, 3.8) is 0 Å². The SMILES string of the molecule is COCC(=O)Nc1ccc(N2C(=S)NC(c3ccccn3)C2c2cccn2-c2cccc(C(=O)O)c2)cc1.